The van der Waals surface area contributed by atoms with Crippen molar-refractivity contribution < 1.29 is 4.39 Å². The van der Waals surface area contributed by atoms with Crippen molar-refractivity contribution in [2.45, 2.75) is 47.1 Å². The average Bonchev–Trinajstić information content (AvgIpc) is 2.59. The van der Waals surface area contributed by atoms with Crippen LogP contribution in [0.1, 0.15) is 52.7 Å². The van der Waals surface area contributed by atoms with Gasteiger partial charge in [-0.3, -0.25) is 0 Å². The van der Waals surface area contributed by atoms with Gasteiger partial charge in [-0.25, -0.2) is 14.4 Å². The van der Waals surface area contributed by atoms with Gasteiger partial charge in [0.15, 0.2) is 0 Å². The summed E-state index contributed by atoms with van der Waals surface area (Å²) < 4.78 is 12.9. The molecule has 0 spiro atoms. The molecule has 1 N–H and O–H groups in total. The number of hydrogen-bond acceptors (Lipinski definition) is 4. The minimum Gasteiger partial charge on any atom is -0.345 e. The molecule has 0 aliphatic rings. The smallest absolute Gasteiger partial charge is 0.223 e. The zero-order valence-electron chi connectivity index (χ0n) is 14.7. The Morgan fingerprint density at radius 1 is 1.00 bits per heavy atom. The second kappa shape index (κ2) is 10.3. The molecule has 0 amide bonds. The molecule has 0 aliphatic heterocycles. The normalized spacial score (nSPS) is 9.48. The molecule has 0 radical (unpaired) electrons. The lowest BCUT2D eigenvalue weighted by atomic mass is 9.94. The second-order valence-corrected chi connectivity index (χ2v) is 4.66. The number of nitriles is 1. The van der Waals surface area contributed by atoms with Gasteiger partial charge in [-0.15, -0.1) is 0 Å². The van der Waals surface area contributed by atoms with Crippen molar-refractivity contribution in [3.63, 3.8) is 0 Å². The summed E-state index contributed by atoms with van der Waals surface area (Å²) in [6.07, 6.45) is 2.91. The van der Waals surface area contributed by atoms with Gasteiger partial charge in [0.05, 0.1) is 23.5 Å². The fourth-order valence-corrected chi connectivity index (χ4v) is 1.67. The summed E-state index contributed by atoms with van der Waals surface area (Å²) in [6, 6.07) is 8.22. The molecule has 0 bridgehead atoms. The fraction of sp³-hybridized carbons (Fsp3) is 0.389. The van der Waals surface area contributed by atoms with Gasteiger partial charge in [0, 0.05) is 0 Å². The van der Waals surface area contributed by atoms with Gasteiger partial charge in [0.25, 0.3) is 0 Å². The monoisotopic (exact) mass is 316 g/mol. The van der Waals surface area contributed by atoms with Gasteiger partial charge >= 0.3 is 0 Å². The molecule has 0 saturated carbocycles. The van der Waals surface area contributed by atoms with Crippen LogP contribution in [0.3, 0.4) is 0 Å². The van der Waals surface area contributed by atoms with Gasteiger partial charge in [-0.05, 0) is 31.5 Å². The van der Waals surface area contributed by atoms with Crippen LogP contribution in [0.2, 0.25) is 0 Å². The number of nitrogens with zero attached hydrogens (tertiary/aromatic N) is 3. The molecule has 0 fully saturated rings. The lowest BCUT2D eigenvalue weighted by Gasteiger charge is -2.26. The lowest BCUT2D eigenvalue weighted by molar-refractivity contribution is 0.592. The van der Waals surface area contributed by atoms with Crippen LogP contribution < -0.4 is 5.32 Å². The molecule has 2 aromatic rings. The zero-order valence-corrected chi connectivity index (χ0v) is 14.7. The first kappa shape index (κ1) is 20.5. The molecule has 0 saturated heterocycles. The highest BCUT2D eigenvalue weighted by Crippen LogP contribution is 2.23. The number of benzene rings is 1. The highest BCUT2D eigenvalue weighted by molar-refractivity contribution is 5.37. The SMILES string of the molecule is CC.CC.CC(C)(Nc1ncc(C#N)cn1)c1ccc(F)cc1. The van der Waals surface area contributed by atoms with Crippen molar-refractivity contribution in [3.8, 4) is 6.07 Å². The topological polar surface area (TPSA) is 61.6 Å². The van der Waals surface area contributed by atoms with E-state index in [1.54, 1.807) is 12.1 Å². The van der Waals surface area contributed by atoms with Crippen molar-refractivity contribution in [2.75, 3.05) is 5.32 Å². The van der Waals surface area contributed by atoms with Crippen LogP contribution in [-0.4, -0.2) is 9.97 Å². The van der Waals surface area contributed by atoms with E-state index >= 15 is 0 Å². The molecular formula is C18H25FN4. The van der Waals surface area contributed by atoms with Gasteiger partial charge in [-0.2, -0.15) is 5.26 Å². The largest absolute Gasteiger partial charge is 0.345 e. The molecule has 1 aromatic carbocycles. The summed E-state index contributed by atoms with van der Waals surface area (Å²) in [4.78, 5) is 8.12. The van der Waals surface area contributed by atoms with E-state index in [0.29, 0.717) is 11.5 Å². The first-order valence-electron chi connectivity index (χ1n) is 7.77. The summed E-state index contributed by atoms with van der Waals surface area (Å²) >= 11 is 0. The Hall–Kier alpha value is -2.48. The minimum absolute atomic E-state index is 0.269. The molecule has 5 heteroatoms. The Kier molecular flexibility index (Phi) is 9.17. The molecule has 0 aliphatic carbocycles. The Morgan fingerprint density at radius 2 is 1.48 bits per heavy atom. The molecular weight excluding hydrogens is 291 g/mol. The Balaban J connectivity index is 0.00000112. The predicted octanol–water partition coefficient (Wildman–Crippen LogP) is 4.89. The summed E-state index contributed by atoms with van der Waals surface area (Å²) in [6.45, 7) is 11.9. The number of anilines is 1. The van der Waals surface area contributed by atoms with E-state index in [1.807, 2.05) is 47.6 Å². The maximum absolute atomic E-state index is 12.9. The fourth-order valence-electron chi connectivity index (χ4n) is 1.67. The van der Waals surface area contributed by atoms with Crippen molar-refractivity contribution >= 4 is 5.95 Å². The highest BCUT2D eigenvalue weighted by Gasteiger charge is 2.21. The standard InChI is InChI=1S/C14H13FN4.2C2H6/c1-14(2,11-3-5-12(15)6-4-11)19-13-17-8-10(7-16)9-18-13;2*1-2/h3-6,8-9H,1-2H3,(H,17,18,19);2*1-2H3. The van der Waals surface area contributed by atoms with E-state index in [4.69, 9.17) is 5.26 Å². The third-order valence-corrected chi connectivity index (χ3v) is 2.77. The molecule has 23 heavy (non-hydrogen) atoms. The summed E-state index contributed by atoms with van der Waals surface area (Å²) in [5.74, 6) is 0.155. The summed E-state index contributed by atoms with van der Waals surface area (Å²) in [5.41, 5.74) is 0.883. The van der Waals surface area contributed by atoms with Crippen molar-refractivity contribution in [3.05, 3.63) is 53.6 Å². The maximum atomic E-state index is 12.9. The quantitative estimate of drug-likeness (QED) is 0.876. The van der Waals surface area contributed by atoms with E-state index in [1.165, 1.54) is 24.5 Å². The summed E-state index contributed by atoms with van der Waals surface area (Å²) in [7, 11) is 0. The molecule has 2 rings (SSSR count). The third-order valence-electron chi connectivity index (χ3n) is 2.77. The Bertz CT molecular complexity index is 598. The van der Waals surface area contributed by atoms with E-state index < -0.39 is 5.54 Å². The molecule has 4 nitrogen and oxygen atoms in total. The van der Waals surface area contributed by atoms with E-state index in [0.717, 1.165) is 5.56 Å². The van der Waals surface area contributed by atoms with E-state index in [2.05, 4.69) is 15.3 Å². The van der Waals surface area contributed by atoms with Crippen LogP contribution in [0.15, 0.2) is 36.7 Å². The van der Waals surface area contributed by atoms with Gasteiger partial charge in [0.1, 0.15) is 11.9 Å². The van der Waals surface area contributed by atoms with Crippen molar-refractivity contribution in [1.82, 2.24) is 9.97 Å². The van der Waals surface area contributed by atoms with Crippen LogP contribution in [0.25, 0.3) is 0 Å². The number of rotatable bonds is 3. The van der Waals surface area contributed by atoms with Gasteiger partial charge in [0.2, 0.25) is 5.95 Å². The molecule has 1 heterocycles. The number of aromatic nitrogens is 2. The zero-order chi connectivity index (χ0) is 17.9. The molecule has 0 unspecified atom stereocenters. The minimum atomic E-state index is -0.443. The Labute approximate surface area is 138 Å². The van der Waals surface area contributed by atoms with Crippen LogP contribution in [-0.2, 0) is 5.54 Å². The molecule has 1 aromatic heterocycles. The number of hydrogen-bond donors (Lipinski definition) is 1. The first-order valence-corrected chi connectivity index (χ1v) is 7.77. The average molecular weight is 316 g/mol. The predicted molar refractivity (Wildman–Crippen MR) is 92.5 cm³/mol. The Morgan fingerprint density at radius 3 is 1.91 bits per heavy atom. The highest BCUT2D eigenvalue weighted by atomic mass is 19.1. The van der Waals surface area contributed by atoms with Crippen LogP contribution in [0.5, 0.6) is 0 Å². The number of halogens is 1. The van der Waals surface area contributed by atoms with E-state index in [9.17, 15) is 4.39 Å². The van der Waals surface area contributed by atoms with Crippen molar-refractivity contribution in [1.29, 1.82) is 5.26 Å². The van der Waals surface area contributed by atoms with Crippen LogP contribution >= 0.6 is 0 Å². The van der Waals surface area contributed by atoms with Gasteiger partial charge in [-0.1, -0.05) is 39.8 Å². The van der Waals surface area contributed by atoms with Crippen molar-refractivity contribution in [2.24, 2.45) is 0 Å². The molecule has 124 valence electrons. The maximum Gasteiger partial charge on any atom is 0.223 e. The van der Waals surface area contributed by atoms with E-state index in [-0.39, 0.29) is 5.82 Å². The van der Waals surface area contributed by atoms with Crippen LogP contribution in [0.4, 0.5) is 10.3 Å². The lowest BCUT2D eigenvalue weighted by Crippen LogP contribution is -2.29. The van der Waals surface area contributed by atoms with Crippen LogP contribution in [0, 0.1) is 17.1 Å². The molecule has 0 atom stereocenters. The third kappa shape index (κ3) is 6.43. The summed E-state index contributed by atoms with van der Waals surface area (Å²) in [5, 5.41) is 11.8. The second-order valence-electron chi connectivity index (χ2n) is 4.66. The number of nitrogens with one attached hydrogen (secondary N) is 1. The first-order chi connectivity index (χ1) is 11.0. The van der Waals surface area contributed by atoms with Gasteiger partial charge < -0.3 is 5.32 Å².